The zero-order chi connectivity index (χ0) is 9.31. The van der Waals surface area contributed by atoms with Gasteiger partial charge in [-0.15, -0.1) is 0 Å². The zero-order valence-corrected chi connectivity index (χ0v) is 8.35. The van der Waals surface area contributed by atoms with Crippen molar-refractivity contribution in [2.24, 2.45) is 0 Å². The van der Waals surface area contributed by atoms with E-state index >= 15 is 0 Å². The molecule has 1 N–H and O–H groups in total. The van der Waals surface area contributed by atoms with Gasteiger partial charge in [-0.05, 0) is 25.7 Å². The summed E-state index contributed by atoms with van der Waals surface area (Å²) in [6, 6.07) is 0.111. The SMILES string of the molecule is O=S(=O)(NC1CCOCC1)C1CC1. The first-order chi connectivity index (χ1) is 6.18. The summed E-state index contributed by atoms with van der Waals surface area (Å²) in [6.45, 7) is 1.36. The first-order valence-electron chi connectivity index (χ1n) is 4.77. The van der Waals surface area contributed by atoms with E-state index in [4.69, 9.17) is 4.74 Å². The average Bonchev–Trinajstić information content (AvgIpc) is 2.87. The van der Waals surface area contributed by atoms with Crippen LogP contribution >= 0.6 is 0 Å². The van der Waals surface area contributed by atoms with Crippen LogP contribution in [0.4, 0.5) is 0 Å². The van der Waals surface area contributed by atoms with Crippen LogP contribution in [0, 0.1) is 0 Å². The minimum Gasteiger partial charge on any atom is -0.381 e. The molecule has 0 unspecified atom stereocenters. The van der Waals surface area contributed by atoms with Crippen molar-refractivity contribution in [3.63, 3.8) is 0 Å². The predicted molar refractivity (Wildman–Crippen MR) is 48.9 cm³/mol. The molecule has 2 rings (SSSR count). The van der Waals surface area contributed by atoms with Gasteiger partial charge in [0.15, 0.2) is 0 Å². The van der Waals surface area contributed by atoms with Gasteiger partial charge >= 0.3 is 0 Å². The normalized spacial score (nSPS) is 26.2. The van der Waals surface area contributed by atoms with Crippen molar-refractivity contribution in [2.75, 3.05) is 13.2 Å². The number of ether oxygens (including phenoxy) is 1. The smallest absolute Gasteiger partial charge is 0.214 e. The van der Waals surface area contributed by atoms with Gasteiger partial charge in [0.1, 0.15) is 0 Å². The van der Waals surface area contributed by atoms with Gasteiger partial charge in [-0.3, -0.25) is 0 Å². The third-order valence-electron chi connectivity index (χ3n) is 2.52. The Morgan fingerprint density at radius 3 is 2.23 bits per heavy atom. The standard InChI is InChI=1S/C8H15NO3S/c10-13(11,8-1-2-8)9-7-3-5-12-6-4-7/h7-9H,1-6H2. The van der Waals surface area contributed by atoms with Crippen LogP contribution in [0.15, 0.2) is 0 Å². The molecule has 2 aliphatic rings. The Bertz CT molecular complexity index is 265. The molecule has 1 heterocycles. The predicted octanol–water partition coefficient (Wildman–Crippen LogP) is 0.247. The van der Waals surface area contributed by atoms with Crippen molar-refractivity contribution in [1.29, 1.82) is 0 Å². The van der Waals surface area contributed by atoms with E-state index in [0.29, 0.717) is 13.2 Å². The van der Waals surface area contributed by atoms with E-state index in [-0.39, 0.29) is 11.3 Å². The Morgan fingerprint density at radius 2 is 1.69 bits per heavy atom. The van der Waals surface area contributed by atoms with Gasteiger partial charge in [0.05, 0.1) is 5.25 Å². The van der Waals surface area contributed by atoms with Gasteiger partial charge < -0.3 is 4.74 Å². The molecule has 0 atom stereocenters. The summed E-state index contributed by atoms with van der Waals surface area (Å²) < 4.78 is 30.9. The van der Waals surface area contributed by atoms with Gasteiger partial charge in [-0.1, -0.05) is 0 Å². The Labute approximate surface area is 78.7 Å². The summed E-state index contributed by atoms with van der Waals surface area (Å²) in [6.07, 6.45) is 3.29. The minimum atomic E-state index is -2.99. The van der Waals surface area contributed by atoms with Crippen LogP contribution in [0.1, 0.15) is 25.7 Å². The van der Waals surface area contributed by atoms with Gasteiger partial charge in [0.2, 0.25) is 10.0 Å². The summed E-state index contributed by atoms with van der Waals surface area (Å²) in [7, 11) is -2.99. The highest BCUT2D eigenvalue weighted by molar-refractivity contribution is 7.90. The van der Waals surface area contributed by atoms with Crippen molar-refractivity contribution < 1.29 is 13.2 Å². The molecule has 0 spiro atoms. The third-order valence-corrected chi connectivity index (χ3v) is 4.53. The molecule has 76 valence electrons. The van der Waals surface area contributed by atoms with E-state index in [1.54, 1.807) is 0 Å². The summed E-state index contributed by atoms with van der Waals surface area (Å²) >= 11 is 0. The van der Waals surface area contributed by atoms with Gasteiger partial charge in [-0.25, -0.2) is 13.1 Å². The van der Waals surface area contributed by atoms with Crippen LogP contribution in [0.5, 0.6) is 0 Å². The maximum atomic E-state index is 11.5. The Hall–Kier alpha value is -0.130. The first-order valence-corrected chi connectivity index (χ1v) is 6.32. The largest absolute Gasteiger partial charge is 0.381 e. The molecule has 0 aromatic heterocycles. The lowest BCUT2D eigenvalue weighted by Crippen LogP contribution is -2.40. The van der Waals surface area contributed by atoms with Crippen LogP contribution in [0.2, 0.25) is 0 Å². The average molecular weight is 205 g/mol. The number of hydrogen-bond acceptors (Lipinski definition) is 3. The second-order valence-corrected chi connectivity index (χ2v) is 5.74. The first kappa shape index (κ1) is 9.43. The fourth-order valence-corrected chi connectivity index (χ4v) is 3.17. The summed E-state index contributed by atoms with van der Waals surface area (Å²) in [5.74, 6) is 0. The van der Waals surface area contributed by atoms with Gasteiger partial charge in [0, 0.05) is 19.3 Å². The van der Waals surface area contributed by atoms with E-state index < -0.39 is 10.0 Å². The summed E-state index contributed by atoms with van der Waals surface area (Å²) in [4.78, 5) is 0. The van der Waals surface area contributed by atoms with Crippen molar-refractivity contribution in [2.45, 2.75) is 37.0 Å². The second-order valence-electron chi connectivity index (χ2n) is 3.75. The van der Waals surface area contributed by atoms with Crippen molar-refractivity contribution in [3.8, 4) is 0 Å². The lowest BCUT2D eigenvalue weighted by molar-refractivity contribution is 0.0832. The maximum absolute atomic E-state index is 11.5. The highest BCUT2D eigenvalue weighted by atomic mass is 32.2. The Kier molecular flexibility index (Phi) is 2.58. The van der Waals surface area contributed by atoms with E-state index in [1.165, 1.54) is 0 Å². The van der Waals surface area contributed by atoms with Crippen molar-refractivity contribution in [3.05, 3.63) is 0 Å². The molecule has 1 saturated carbocycles. The fraction of sp³-hybridized carbons (Fsp3) is 1.00. The lowest BCUT2D eigenvalue weighted by atomic mass is 10.1. The molecule has 1 aliphatic carbocycles. The third kappa shape index (κ3) is 2.42. The van der Waals surface area contributed by atoms with Crippen LogP contribution in [0.3, 0.4) is 0 Å². The highest BCUT2D eigenvalue weighted by Crippen LogP contribution is 2.28. The van der Waals surface area contributed by atoms with Crippen LogP contribution in [-0.2, 0) is 14.8 Å². The van der Waals surface area contributed by atoms with Crippen LogP contribution in [0.25, 0.3) is 0 Å². The van der Waals surface area contributed by atoms with E-state index in [2.05, 4.69) is 4.72 Å². The minimum absolute atomic E-state index is 0.102. The maximum Gasteiger partial charge on any atom is 0.214 e. The van der Waals surface area contributed by atoms with Crippen molar-refractivity contribution in [1.82, 2.24) is 4.72 Å². The summed E-state index contributed by atoms with van der Waals surface area (Å²) in [5.41, 5.74) is 0. The number of nitrogens with one attached hydrogen (secondary N) is 1. The second kappa shape index (κ2) is 3.55. The molecule has 1 aliphatic heterocycles. The molecule has 0 aromatic carbocycles. The molecule has 0 radical (unpaired) electrons. The number of rotatable bonds is 3. The molecule has 13 heavy (non-hydrogen) atoms. The molecule has 1 saturated heterocycles. The zero-order valence-electron chi connectivity index (χ0n) is 7.53. The highest BCUT2D eigenvalue weighted by Gasteiger charge is 2.37. The Morgan fingerprint density at radius 1 is 1.08 bits per heavy atom. The summed E-state index contributed by atoms with van der Waals surface area (Å²) in [5, 5.41) is -0.102. The van der Waals surface area contributed by atoms with E-state index in [1.807, 2.05) is 0 Å². The fourth-order valence-electron chi connectivity index (χ4n) is 1.52. The molecule has 2 fully saturated rings. The molecule has 4 nitrogen and oxygen atoms in total. The number of sulfonamides is 1. The number of hydrogen-bond donors (Lipinski definition) is 1. The molecule has 5 heteroatoms. The molecule has 0 amide bonds. The lowest BCUT2D eigenvalue weighted by Gasteiger charge is -2.22. The van der Waals surface area contributed by atoms with E-state index in [9.17, 15) is 8.42 Å². The molecular formula is C8H15NO3S. The quantitative estimate of drug-likeness (QED) is 0.718. The van der Waals surface area contributed by atoms with Crippen LogP contribution in [-0.4, -0.2) is 32.9 Å². The molecule has 0 bridgehead atoms. The monoisotopic (exact) mass is 205 g/mol. The van der Waals surface area contributed by atoms with Gasteiger partial charge in [0.25, 0.3) is 0 Å². The molecule has 0 aromatic rings. The Balaban J connectivity index is 1.88. The van der Waals surface area contributed by atoms with Gasteiger partial charge in [-0.2, -0.15) is 0 Å². The van der Waals surface area contributed by atoms with E-state index in [0.717, 1.165) is 25.7 Å². The van der Waals surface area contributed by atoms with Crippen molar-refractivity contribution >= 4 is 10.0 Å². The molecular weight excluding hydrogens is 190 g/mol. The topological polar surface area (TPSA) is 55.4 Å². The van der Waals surface area contributed by atoms with Crippen LogP contribution < -0.4 is 4.72 Å².